The molecule has 1 rings (SSSR count). The lowest BCUT2D eigenvalue weighted by atomic mass is 9.94. The lowest BCUT2D eigenvalue weighted by molar-refractivity contribution is 0.725. The van der Waals surface area contributed by atoms with Crippen molar-refractivity contribution in [2.45, 2.75) is 39.0 Å². The summed E-state index contributed by atoms with van der Waals surface area (Å²) in [5.74, 6) is 1.05. The molecule has 0 saturated carbocycles. The van der Waals surface area contributed by atoms with Crippen LogP contribution in [0.5, 0.6) is 0 Å². The van der Waals surface area contributed by atoms with Crippen molar-refractivity contribution in [1.29, 1.82) is 0 Å². The minimum absolute atomic E-state index is 0.437. The second-order valence-electron chi connectivity index (χ2n) is 4.23. The van der Waals surface area contributed by atoms with Crippen LogP contribution in [0.2, 0.25) is 0 Å². The molecule has 1 nitrogen and oxygen atoms in total. The maximum absolute atomic E-state index is 5.66. The standard InChI is InChI=1S/C13H20BrN/c1-4-9(2)12-6-5-11(7-13(12)14)10(3)8-15/h5-7,9-10H,4,8,15H2,1-3H3. The summed E-state index contributed by atoms with van der Waals surface area (Å²) >= 11 is 3.65. The van der Waals surface area contributed by atoms with E-state index in [1.54, 1.807) is 0 Å². The van der Waals surface area contributed by atoms with Crippen LogP contribution in [-0.2, 0) is 0 Å². The van der Waals surface area contributed by atoms with Gasteiger partial charge in [-0.15, -0.1) is 0 Å². The Morgan fingerprint density at radius 1 is 1.27 bits per heavy atom. The van der Waals surface area contributed by atoms with Crippen molar-refractivity contribution in [3.63, 3.8) is 0 Å². The van der Waals surface area contributed by atoms with Gasteiger partial charge in [-0.1, -0.05) is 48.8 Å². The Bertz CT molecular complexity index is 322. The molecule has 0 aromatic heterocycles. The largest absolute Gasteiger partial charge is 0.330 e. The predicted molar refractivity (Wildman–Crippen MR) is 70.3 cm³/mol. The Morgan fingerprint density at radius 3 is 2.40 bits per heavy atom. The van der Waals surface area contributed by atoms with Crippen LogP contribution in [0.25, 0.3) is 0 Å². The van der Waals surface area contributed by atoms with Crippen LogP contribution < -0.4 is 5.73 Å². The number of hydrogen-bond acceptors (Lipinski definition) is 1. The van der Waals surface area contributed by atoms with Gasteiger partial charge in [0.05, 0.1) is 0 Å². The van der Waals surface area contributed by atoms with Crippen LogP contribution in [0.3, 0.4) is 0 Å². The summed E-state index contributed by atoms with van der Waals surface area (Å²) in [4.78, 5) is 0. The molecule has 0 saturated heterocycles. The van der Waals surface area contributed by atoms with Gasteiger partial charge in [-0.3, -0.25) is 0 Å². The number of rotatable bonds is 4. The minimum Gasteiger partial charge on any atom is -0.330 e. The van der Waals surface area contributed by atoms with E-state index in [9.17, 15) is 0 Å². The van der Waals surface area contributed by atoms with Gasteiger partial charge in [0.2, 0.25) is 0 Å². The number of hydrogen-bond donors (Lipinski definition) is 1. The molecule has 1 aromatic carbocycles. The van der Waals surface area contributed by atoms with Gasteiger partial charge in [0.25, 0.3) is 0 Å². The predicted octanol–water partition coefficient (Wildman–Crippen LogP) is 4.02. The Balaban J connectivity index is 2.97. The van der Waals surface area contributed by atoms with E-state index in [-0.39, 0.29) is 0 Å². The van der Waals surface area contributed by atoms with Crippen LogP contribution in [0.1, 0.15) is 50.2 Å². The Labute approximate surface area is 101 Å². The molecule has 0 aliphatic heterocycles. The van der Waals surface area contributed by atoms with Crippen molar-refractivity contribution in [3.05, 3.63) is 33.8 Å². The normalized spacial score (nSPS) is 15.0. The first kappa shape index (κ1) is 12.7. The molecular weight excluding hydrogens is 250 g/mol. The molecule has 84 valence electrons. The zero-order valence-electron chi connectivity index (χ0n) is 9.76. The summed E-state index contributed by atoms with van der Waals surface area (Å²) in [5.41, 5.74) is 8.37. The molecule has 0 bridgehead atoms. The first-order chi connectivity index (χ1) is 7.10. The minimum atomic E-state index is 0.437. The van der Waals surface area contributed by atoms with Crippen LogP contribution in [0.15, 0.2) is 22.7 Å². The third kappa shape index (κ3) is 3.05. The average molecular weight is 270 g/mol. The third-order valence-corrected chi connectivity index (χ3v) is 3.78. The second kappa shape index (κ2) is 5.66. The summed E-state index contributed by atoms with van der Waals surface area (Å²) in [7, 11) is 0. The first-order valence-corrected chi connectivity index (χ1v) is 6.38. The van der Waals surface area contributed by atoms with Gasteiger partial charge in [-0.2, -0.15) is 0 Å². The van der Waals surface area contributed by atoms with Crippen molar-refractivity contribution in [2.24, 2.45) is 5.73 Å². The lowest BCUT2D eigenvalue weighted by Gasteiger charge is -2.15. The zero-order valence-corrected chi connectivity index (χ0v) is 11.3. The topological polar surface area (TPSA) is 26.0 Å². The molecule has 2 N–H and O–H groups in total. The third-order valence-electron chi connectivity index (χ3n) is 3.09. The monoisotopic (exact) mass is 269 g/mol. The molecule has 2 heteroatoms. The van der Waals surface area contributed by atoms with Gasteiger partial charge in [-0.05, 0) is 42.0 Å². The maximum atomic E-state index is 5.66. The lowest BCUT2D eigenvalue weighted by Crippen LogP contribution is -2.09. The molecule has 0 amide bonds. The number of benzene rings is 1. The molecule has 0 aliphatic rings. The van der Waals surface area contributed by atoms with E-state index in [2.05, 4.69) is 54.9 Å². The molecule has 0 aliphatic carbocycles. The van der Waals surface area contributed by atoms with E-state index in [1.807, 2.05) is 0 Å². The average Bonchev–Trinajstić information content (AvgIpc) is 2.26. The van der Waals surface area contributed by atoms with Crippen molar-refractivity contribution in [2.75, 3.05) is 6.54 Å². The molecule has 0 fully saturated rings. The summed E-state index contributed by atoms with van der Waals surface area (Å²) in [6.07, 6.45) is 1.17. The fourth-order valence-electron chi connectivity index (χ4n) is 1.61. The van der Waals surface area contributed by atoms with Gasteiger partial charge >= 0.3 is 0 Å². The van der Waals surface area contributed by atoms with Crippen LogP contribution >= 0.6 is 15.9 Å². The van der Waals surface area contributed by atoms with Crippen molar-refractivity contribution < 1.29 is 0 Å². The van der Waals surface area contributed by atoms with Crippen molar-refractivity contribution in [1.82, 2.24) is 0 Å². The Hall–Kier alpha value is -0.340. The first-order valence-electron chi connectivity index (χ1n) is 5.59. The molecule has 0 heterocycles. The molecule has 2 atom stereocenters. The fraction of sp³-hybridized carbons (Fsp3) is 0.538. The Kier molecular flexibility index (Phi) is 4.81. The van der Waals surface area contributed by atoms with Crippen molar-refractivity contribution in [3.8, 4) is 0 Å². The summed E-state index contributed by atoms with van der Waals surface area (Å²) in [6.45, 7) is 7.33. The summed E-state index contributed by atoms with van der Waals surface area (Å²) in [6, 6.07) is 6.63. The highest BCUT2D eigenvalue weighted by molar-refractivity contribution is 9.10. The van der Waals surface area contributed by atoms with Crippen LogP contribution in [-0.4, -0.2) is 6.54 Å². The van der Waals surface area contributed by atoms with E-state index in [0.717, 1.165) is 0 Å². The highest BCUT2D eigenvalue weighted by atomic mass is 79.9. The molecule has 2 unspecified atom stereocenters. The van der Waals surface area contributed by atoms with Gasteiger partial charge in [-0.25, -0.2) is 0 Å². The van der Waals surface area contributed by atoms with E-state index >= 15 is 0 Å². The quantitative estimate of drug-likeness (QED) is 0.878. The smallest absolute Gasteiger partial charge is 0.0212 e. The fourth-order valence-corrected chi connectivity index (χ4v) is 2.39. The molecule has 15 heavy (non-hydrogen) atoms. The van der Waals surface area contributed by atoms with E-state index in [1.165, 1.54) is 22.0 Å². The van der Waals surface area contributed by atoms with E-state index < -0.39 is 0 Å². The number of nitrogens with two attached hydrogens (primary N) is 1. The van der Waals surface area contributed by atoms with Crippen LogP contribution in [0, 0.1) is 0 Å². The molecular formula is C13H20BrN. The van der Waals surface area contributed by atoms with Gasteiger partial charge < -0.3 is 5.73 Å². The zero-order chi connectivity index (χ0) is 11.4. The van der Waals surface area contributed by atoms with Crippen LogP contribution in [0.4, 0.5) is 0 Å². The van der Waals surface area contributed by atoms with E-state index in [4.69, 9.17) is 5.73 Å². The van der Waals surface area contributed by atoms with Gasteiger partial charge in [0, 0.05) is 4.47 Å². The molecule has 1 aromatic rings. The SMILES string of the molecule is CCC(C)c1ccc(C(C)CN)cc1Br. The van der Waals surface area contributed by atoms with Gasteiger partial charge in [0.1, 0.15) is 0 Å². The van der Waals surface area contributed by atoms with Gasteiger partial charge in [0.15, 0.2) is 0 Å². The number of halogens is 1. The second-order valence-corrected chi connectivity index (χ2v) is 5.08. The summed E-state index contributed by atoms with van der Waals surface area (Å²) in [5, 5.41) is 0. The molecule has 0 radical (unpaired) electrons. The highest BCUT2D eigenvalue weighted by Gasteiger charge is 2.10. The van der Waals surface area contributed by atoms with E-state index in [0.29, 0.717) is 18.4 Å². The Morgan fingerprint density at radius 2 is 1.93 bits per heavy atom. The summed E-state index contributed by atoms with van der Waals surface area (Å²) < 4.78 is 1.22. The molecule has 0 spiro atoms. The maximum Gasteiger partial charge on any atom is 0.0212 e. The highest BCUT2D eigenvalue weighted by Crippen LogP contribution is 2.29. The van der Waals surface area contributed by atoms with Crippen molar-refractivity contribution >= 4 is 15.9 Å².